The molecule has 0 aliphatic heterocycles. The van der Waals surface area contributed by atoms with E-state index < -0.39 is 5.97 Å². The number of hydrogen-bond donors (Lipinski definition) is 1. The van der Waals surface area contributed by atoms with Crippen molar-refractivity contribution in [1.29, 1.82) is 0 Å². The molecule has 21 heavy (non-hydrogen) atoms. The number of amides is 1. The number of nitrogens with zero attached hydrogens (tertiary/aromatic N) is 1. The quantitative estimate of drug-likeness (QED) is 0.828. The number of aliphatic carboxylic acids is 1. The summed E-state index contributed by atoms with van der Waals surface area (Å²) in [5, 5.41) is 8.81. The van der Waals surface area contributed by atoms with E-state index in [0.717, 1.165) is 11.3 Å². The minimum absolute atomic E-state index is 0.197. The fraction of sp³-hybridized carbons (Fsp3) is 0.467. The van der Waals surface area contributed by atoms with Crippen LogP contribution < -0.4 is 9.47 Å². The van der Waals surface area contributed by atoms with Gasteiger partial charge >= 0.3 is 5.97 Å². The molecule has 0 radical (unpaired) electrons. The number of aryl methyl sites for hydroxylation is 1. The number of methoxy groups -OCH3 is 1. The SMILES string of the molecule is COc1ccc(OCC(=O)N(CC(=O)O)C(C)C)cc1C. The third kappa shape index (κ3) is 4.98. The molecule has 0 aromatic heterocycles. The number of carboxylic acids is 1. The highest BCUT2D eigenvalue weighted by Crippen LogP contribution is 2.22. The Morgan fingerprint density at radius 2 is 2.00 bits per heavy atom. The molecular weight excluding hydrogens is 274 g/mol. The zero-order chi connectivity index (χ0) is 16.0. The van der Waals surface area contributed by atoms with Gasteiger partial charge in [0.1, 0.15) is 18.0 Å². The first-order valence-electron chi connectivity index (χ1n) is 6.63. The van der Waals surface area contributed by atoms with Crippen molar-refractivity contribution in [1.82, 2.24) is 4.90 Å². The molecule has 0 spiro atoms. The molecule has 1 N–H and O–H groups in total. The van der Waals surface area contributed by atoms with Gasteiger partial charge in [0.05, 0.1) is 7.11 Å². The van der Waals surface area contributed by atoms with Crippen molar-refractivity contribution >= 4 is 11.9 Å². The fourth-order valence-electron chi connectivity index (χ4n) is 1.87. The number of ether oxygens (including phenoxy) is 2. The van der Waals surface area contributed by atoms with Crippen LogP contribution in [0, 0.1) is 6.92 Å². The van der Waals surface area contributed by atoms with Crippen LogP contribution in [0.4, 0.5) is 0 Å². The number of carbonyl (C=O) groups is 2. The number of hydrogen-bond acceptors (Lipinski definition) is 4. The van der Waals surface area contributed by atoms with Gasteiger partial charge in [0, 0.05) is 6.04 Å². The predicted molar refractivity (Wildman–Crippen MR) is 77.7 cm³/mol. The summed E-state index contributed by atoms with van der Waals surface area (Å²) in [4.78, 5) is 24.0. The van der Waals surface area contributed by atoms with Crippen LogP contribution in [0.1, 0.15) is 19.4 Å². The Balaban J connectivity index is 2.66. The second kappa shape index (κ2) is 7.52. The Hall–Kier alpha value is -2.24. The van der Waals surface area contributed by atoms with Crippen LogP contribution in [0.15, 0.2) is 18.2 Å². The summed E-state index contributed by atoms with van der Waals surface area (Å²) in [6, 6.07) is 5.03. The largest absolute Gasteiger partial charge is 0.496 e. The van der Waals surface area contributed by atoms with E-state index in [1.807, 2.05) is 6.92 Å². The van der Waals surface area contributed by atoms with Gasteiger partial charge in [0.25, 0.3) is 5.91 Å². The third-order valence-electron chi connectivity index (χ3n) is 2.98. The number of carboxylic acid groups (broad SMARTS) is 1. The minimum atomic E-state index is -1.04. The topological polar surface area (TPSA) is 76.1 Å². The van der Waals surface area contributed by atoms with Crippen molar-refractivity contribution in [3.8, 4) is 11.5 Å². The first kappa shape index (κ1) is 16.8. The zero-order valence-electron chi connectivity index (χ0n) is 12.8. The average molecular weight is 295 g/mol. The van der Waals surface area contributed by atoms with E-state index in [2.05, 4.69) is 0 Å². The van der Waals surface area contributed by atoms with Crippen LogP contribution in [-0.4, -0.2) is 48.2 Å². The van der Waals surface area contributed by atoms with Crippen LogP contribution in [0.2, 0.25) is 0 Å². The van der Waals surface area contributed by atoms with Crippen molar-refractivity contribution < 1.29 is 24.2 Å². The fourth-order valence-corrected chi connectivity index (χ4v) is 1.87. The Kier molecular flexibility index (Phi) is 6.02. The zero-order valence-corrected chi connectivity index (χ0v) is 12.8. The first-order valence-corrected chi connectivity index (χ1v) is 6.63. The second-order valence-electron chi connectivity index (χ2n) is 4.93. The minimum Gasteiger partial charge on any atom is -0.496 e. The molecule has 0 fully saturated rings. The van der Waals surface area contributed by atoms with Gasteiger partial charge in [0.15, 0.2) is 6.61 Å². The molecule has 0 saturated heterocycles. The first-order chi connectivity index (χ1) is 9.85. The smallest absolute Gasteiger partial charge is 0.323 e. The van der Waals surface area contributed by atoms with Crippen LogP contribution in [0.5, 0.6) is 11.5 Å². The number of rotatable bonds is 7. The lowest BCUT2D eigenvalue weighted by Gasteiger charge is -2.24. The molecule has 0 unspecified atom stereocenters. The van der Waals surface area contributed by atoms with Gasteiger partial charge in [-0.1, -0.05) is 0 Å². The molecule has 1 rings (SSSR count). The van der Waals surface area contributed by atoms with E-state index in [0.29, 0.717) is 5.75 Å². The highest BCUT2D eigenvalue weighted by atomic mass is 16.5. The lowest BCUT2D eigenvalue weighted by atomic mass is 10.2. The molecule has 116 valence electrons. The molecular formula is C15H21NO5. The highest BCUT2D eigenvalue weighted by Gasteiger charge is 2.20. The van der Waals surface area contributed by atoms with Crippen LogP contribution in [-0.2, 0) is 9.59 Å². The van der Waals surface area contributed by atoms with Crippen LogP contribution >= 0.6 is 0 Å². The summed E-state index contributed by atoms with van der Waals surface area (Å²) in [7, 11) is 1.58. The van der Waals surface area contributed by atoms with Crippen molar-refractivity contribution in [2.75, 3.05) is 20.3 Å². The lowest BCUT2D eigenvalue weighted by molar-refractivity contribution is -0.146. The molecule has 0 atom stereocenters. The predicted octanol–water partition coefficient (Wildman–Crippen LogP) is 1.70. The van der Waals surface area contributed by atoms with Crippen molar-refractivity contribution in [2.45, 2.75) is 26.8 Å². The maximum absolute atomic E-state index is 12.0. The van der Waals surface area contributed by atoms with Gasteiger partial charge in [0.2, 0.25) is 0 Å². The molecule has 0 aliphatic carbocycles. The van der Waals surface area contributed by atoms with Crippen molar-refractivity contribution in [3.63, 3.8) is 0 Å². The number of benzene rings is 1. The monoisotopic (exact) mass is 295 g/mol. The molecule has 1 aromatic rings. The van der Waals surface area contributed by atoms with Crippen molar-refractivity contribution in [3.05, 3.63) is 23.8 Å². The summed E-state index contributed by atoms with van der Waals surface area (Å²) in [5.74, 6) is -0.123. The maximum Gasteiger partial charge on any atom is 0.323 e. The number of carbonyl (C=O) groups excluding carboxylic acids is 1. The van der Waals surface area contributed by atoms with Crippen LogP contribution in [0.25, 0.3) is 0 Å². The Bertz CT molecular complexity index is 513. The van der Waals surface area contributed by atoms with Gasteiger partial charge in [-0.2, -0.15) is 0 Å². The van der Waals surface area contributed by atoms with E-state index in [4.69, 9.17) is 14.6 Å². The molecule has 1 aromatic carbocycles. The Morgan fingerprint density at radius 3 is 2.48 bits per heavy atom. The molecule has 0 bridgehead atoms. The van der Waals surface area contributed by atoms with Gasteiger partial charge < -0.3 is 19.5 Å². The van der Waals surface area contributed by atoms with E-state index in [1.54, 1.807) is 39.2 Å². The summed E-state index contributed by atoms with van der Waals surface area (Å²) in [5.41, 5.74) is 0.897. The normalized spacial score (nSPS) is 10.3. The summed E-state index contributed by atoms with van der Waals surface area (Å²) in [6.07, 6.45) is 0. The van der Waals surface area contributed by atoms with Gasteiger partial charge in [-0.05, 0) is 44.5 Å². The van der Waals surface area contributed by atoms with Crippen LogP contribution in [0.3, 0.4) is 0 Å². The van der Waals surface area contributed by atoms with E-state index in [9.17, 15) is 9.59 Å². The van der Waals surface area contributed by atoms with E-state index in [-0.39, 0.29) is 25.1 Å². The van der Waals surface area contributed by atoms with Gasteiger partial charge in [-0.25, -0.2) is 0 Å². The van der Waals surface area contributed by atoms with Crippen molar-refractivity contribution in [2.24, 2.45) is 0 Å². The summed E-state index contributed by atoms with van der Waals surface area (Å²) >= 11 is 0. The third-order valence-corrected chi connectivity index (χ3v) is 2.98. The Labute approximate surface area is 124 Å². The molecule has 6 heteroatoms. The molecule has 0 heterocycles. The molecule has 0 aliphatic rings. The summed E-state index contributed by atoms with van der Waals surface area (Å²) in [6.45, 7) is 4.87. The molecule has 0 saturated carbocycles. The molecule has 6 nitrogen and oxygen atoms in total. The average Bonchev–Trinajstić information content (AvgIpc) is 2.41. The van der Waals surface area contributed by atoms with Gasteiger partial charge in [-0.3, -0.25) is 9.59 Å². The highest BCUT2D eigenvalue weighted by molar-refractivity contribution is 5.82. The lowest BCUT2D eigenvalue weighted by Crippen LogP contribution is -2.43. The standard InChI is InChI=1S/C15H21NO5/c1-10(2)16(8-15(18)19)14(17)9-21-12-5-6-13(20-4)11(3)7-12/h5-7,10H,8-9H2,1-4H3,(H,18,19). The van der Waals surface area contributed by atoms with Gasteiger partial charge in [-0.15, -0.1) is 0 Å². The molecule has 1 amide bonds. The Morgan fingerprint density at radius 1 is 1.33 bits per heavy atom. The summed E-state index contributed by atoms with van der Waals surface area (Å²) < 4.78 is 10.6. The van der Waals surface area contributed by atoms with E-state index in [1.165, 1.54) is 4.90 Å². The second-order valence-corrected chi connectivity index (χ2v) is 4.93. The maximum atomic E-state index is 12.0. The van der Waals surface area contributed by atoms with E-state index >= 15 is 0 Å².